The monoisotopic (exact) mass is 246 g/mol. The van der Waals surface area contributed by atoms with Crippen LogP contribution < -0.4 is 5.56 Å². The maximum absolute atomic E-state index is 12.2. The lowest BCUT2D eigenvalue weighted by molar-refractivity contribution is -0.117. The molecule has 0 saturated heterocycles. The molecule has 2 aromatic heterocycles. The molecule has 1 aliphatic rings. The van der Waals surface area contributed by atoms with Crippen molar-refractivity contribution >= 4 is 11.6 Å². The first-order chi connectivity index (χ1) is 8.68. The predicted molar refractivity (Wildman–Crippen MR) is 64.6 cm³/mol. The van der Waals surface area contributed by atoms with Gasteiger partial charge in [-0.3, -0.25) is 9.59 Å². The minimum Gasteiger partial charge on any atom is -0.306 e. The van der Waals surface area contributed by atoms with E-state index in [4.69, 9.17) is 0 Å². The fourth-order valence-corrected chi connectivity index (χ4v) is 2.62. The molecule has 0 radical (unpaired) electrons. The Morgan fingerprint density at radius 1 is 1.39 bits per heavy atom. The van der Waals surface area contributed by atoms with E-state index in [1.165, 1.54) is 10.8 Å². The van der Waals surface area contributed by atoms with Crippen LogP contribution in [0.4, 0.5) is 0 Å². The number of nitrogens with zero attached hydrogens (tertiary/aromatic N) is 4. The molecule has 0 saturated carbocycles. The molecule has 1 aliphatic carbocycles. The predicted octanol–water partition coefficient (Wildman–Crippen LogP) is 0.359. The third-order valence-electron chi connectivity index (χ3n) is 3.37. The van der Waals surface area contributed by atoms with Gasteiger partial charge in [0.25, 0.3) is 5.56 Å². The van der Waals surface area contributed by atoms with Gasteiger partial charge in [0.1, 0.15) is 12.1 Å². The smallest absolute Gasteiger partial charge is 0.279 e. The van der Waals surface area contributed by atoms with Crippen molar-refractivity contribution in [3.8, 4) is 0 Å². The van der Waals surface area contributed by atoms with Crippen molar-refractivity contribution in [2.45, 2.75) is 39.2 Å². The lowest BCUT2D eigenvalue weighted by Gasteiger charge is -2.20. The molecule has 0 fully saturated rings. The van der Waals surface area contributed by atoms with Crippen LogP contribution in [0.15, 0.2) is 11.1 Å². The number of hydrogen-bond donors (Lipinski definition) is 0. The zero-order valence-corrected chi connectivity index (χ0v) is 10.2. The number of ketones is 1. The number of Topliss-reactive ketones (excluding diaryl/α,β-unsaturated/α-hetero) is 1. The van der Waals surface area contributed by atoms with Crippen molar-refractivity contribution in [2.24, 2.45) is 0 Å². The Balaban J connectivity index is 2.36. The van der Waals surface area contributed by atoms with Crippen molar-refractivity contribution in [3.63, 3.8) is 0 Å². The van der Waals surface area contributed by atoms with E-state index < -0.39 is 0 Å². The molecular formula is C12H14N4O2. The Bertz CT molecular complexity index is 683. The Kier molecular flexibility index (Phi) is 2.50. The topological polar surface area (TPSA) is 69.3 Å². The van der Waals surface area contributed by atoms with E-state index in [9.17, 15) is 9.59 Å². The second kappa shape index (κ2) is 4.04. The number of carbonyl (C=O) groups excluding carboxylic acids is 1. The lowest BCUT2D eigenvalue weighted by atomic mass is 9.96. The van der Waals surface area contributed by atoms with Gasteiger partial charge >= 0.3 is 0 Å². The molecule has 94 valence electrons. The summed E-state index contributed by atoms with van der Waals surface area (Å²) in [5, 5.41) is 3.96. The highest BCUT2D eigenvalue weighted by Crippen LogP contribution is 2.19. The first-order valence-corrected chi connectivity index (χ1v) is 6.12. The van der Waals surface area contributed by atoms with Gasteiger partial charge in [-0.05, 0) is 32.6 Å². The molecule has 3 rings (SSSR count). The maximum Gasteiger partial charge on any atom is 0.279 e. The summed E-state index contributed by atoms with van der Waals surface area (Å²) in [6, 6.07) is 0. The Hall–Kier alpha value is -1.98. The van der Waals surface area contributed by atoms with Crippen LogP contribution in [-0.2, 0) is 24.2 Å². The molecule has 0 aromatic carbocycles. The molecular weight excluding hydrogens is 232 g/mol. The van der Waals surface area contributed by atoms with Gasteiger partial charge in [0.2, 0.25) is 5.78 Å². The van der Waals surface area contributed by atoms with Crippen LogP contribution in [-0.4, -0.2) is 24.9 Å². The number of rotatable bonds is 2. The second-order valence-corrected chi connectivity index (χ2v) is 4.70. The van der Waals surface area contributed by atoms with Gasteiger partial charge in [-0.2, -0.15) is 14.6 Å². The number of aromatic nitrogens is 4. The summed E-state index contributed by atoms with van der Waals surface area (Å²) in [5.41, 5.74) is 1.67. The zero-order valence-electron chi connectivity index (χ0n) is 10.2. The molecule has 0 aliphatic heterocycles. The van der Waals surface area contributed by atoms with Gasteiger partial charge < -0.3 is 4.57 Å². The van der Waals surface area contributed by atoms with Crippen molar-refractivity contribution in [3.05, 3.63) is 27.9 Å². The first-order valence-electron chi connectivity index (χ1n) is 6.12. The number of carbonyl (C=O) groups is 1. The summed E-state index contributed by atoms with van der Waals surface area (Å²) in [6.45, 7) is 1.80. The van der Waals surface area contributed by atoms with Crippen molar-refractivity contribution in [2.75, 3.05) is 0 Å². The highest BCUT2D eigenvalue weighted by molar-refractivity contribution is 5.76. The van der Waals surface area contributed by atoms with E-state index in [0.717, 1.165) is 36.9 Å². The van der Waals surface area contributed by atoms with Crippen LogP contribution in [0.5, 0.6) is 0 Å². The third kappa shape index (κ3) is 1.56. The fraction of sp³-hybridized carbons (Fsp3) is 0.500. The van der Waals surface area contributed by atoms with Gasteiger partial charge in [-0.15, -0.1) is 0 Å². The van der Waals surface area contributed by atoms with E-state index in [-0.39, 0.29) is 17.9 Å². The molecule has 0 amide bonds. The molecule has 0 unspecified atom stereocenters. The summed E-state index contributed by atoms with van der Waals surface area (Å²) in [7, 11) is 0. The largest absolute Gasteiger partial charge is 0.306 e. The maximum atomic E-state index is 12.2. The zero-order chi connectivity index (χ0) is 12.7. The Morgan fingerprint density at radius 2 is 2.17 bits per heavy atom. The molecule has 0 spiro atoms. The van der Waals surface area contributed by atoms with Crippen LogP contribution in [0.1, 0.15) is 31.0 Å². The van der Waals surface area contributed by atoms with Gasteiger partial charge in [-0.25, -0.2) is 0 Å². The van der Waals surface area contributed by atoms with Crippen molar-refractivity contribution in [1.29, 1.82) is 0 Å². The molecule has 2 heterocycles. The molecule has 0 bridgehead atoms. The quantitative estimate of drug-likeness (QED) is 0.767. The summed E-state index contributed by atoms with van der Waals surface area (Å²) in [5.74, 6) is 0.521. The fourth-order valence-electron chi connectivity index (χ4n) is 2.62. The highest BCUT2D eigenvalue weighted by atomic mass is 16.1. The summed E-state index contributed by atoms with van der Waals surface area (Å²) >= 11 is 0. The molecule has 6 heteroatoms. The van der Waals surface area contributed by atoms with Crippen LogP contribution in [0.3, 0.4) is 0 Å². The third-order valence-corrected chi connectivity index (χ3v) is 3.37. The Morgan fingerprint density at radius 3 is 2.94 bits per heavy atom. The average Bonchev–Trinajstić information content (AvgIpc) is 2.83. The van der Waals surface area contributed by atoms with Crippen LogP contribution in [0.2, 0.25) is 0 Å². The molecule has 6 nitrogen and oxygen atoms in total. The van der Waals surface area contributed by atoms with Crippen LogP contribution in [0.25, 0.3) is 5.78 Å². The molecule has 0 atom stereocenters. The lowest BCUT2D eigenvalue weighted by Crippen LogP contribution is -2.30. The number of hydrogen-bond acceptors (Lipinski definition) is 4. The minimum absolute atomic E-state index is 0.0522. The molecule has 0 N–H and O–H groups in total. The van der Waals surface area contributed by atoms with E-state index >= 15 is 0 Å². The van der Waals surface area contributed by atoms with E-state index in [1.807, 2.05) is 4.57 Å². The Labute approximate surface area is 103 Å². The number of fused-ring (bicyclic) bond motifs is 2. The van der Waals surface area contributed by atoms with Gasteiger partial charge in [-0.1, -0.05) is 0 Å². The molecule has 2 aromatic rings. The van der Waals surface area contributed by atoms with Gasteiger partial charge in [0.05, 0.1) is 6.54 Å². The second-order valence-electron chi connectivity index (χ2n) is 4.70. The normalized spacial score (nSPS) is 14.7. The standard InChI is InChI=1S/C12H14N4O2/c1-8(17)6-15-10-5-3-2-4-9(10)11(18)16-12(15)13-7-14-16/h7H,2-6H2,1H3. The van der Waals surface area contributed by atoms with E-state index in [1.54, 1.807) is 6.92 Å². The van der Waals surface area contributed by atoms with E-state index in [2.05, 4.69) is 10.1 Å². The summed E-state index contributed by atoms with van der Waals surface area (Å²) < 4.78 is 3.14. The summed E-state index contributed by atoms with van der Waals surface area (Å²) in [4.78, 5) is 27.7. The minimum atomic E-state index is -0.0861. The van der Waals surface area contributed by atoms with Crippen LogP contribution in [0, 0.1) is 0 Å². The average molecular weight is 246 g/mol. The van der Waals surface area contributed by atoms with Crippen LogP contribution >= 0.6 is 0 Å². The summed E-state index contributed by atoms with van der Waals surface area (Å²) in [6.07, 6.45) is 5.03. The van der Waals surface area contributed by atoms with Crippen molar-refractivity contribution < 1.29 is 4.79 Å². The molecule has 18 heavy (non-hydrogen) atoms. The SMILES string of the molecule is CC(=O)Cn1c2c(c(=O)n3ncnc13)CCCC2. The van der Waals surface area contributed by atoms with Crippen molar-refractivity contribution in [1.82, 2.24) is 19.2 Å². The highest BCUT2D eigenvalue weighted by Gasteiger charge is 2.21. The van der Waals surface area contributed by atoms with E-state index in [0.29, 0.717) is 5.78 Å². The van der Waals surface area contributed by atoms with Gasteiger partial charge in [0, 0.05) is 11.3 Å². The first kappa shape index (κ1) is 11.1. The van der Waals surface area contributed by atoms with Gasteiger partial charge in [0.15, 0.2) is 0 Å².